The quantitative estimate of drug-likeness (QED) is 0.411. The maximum atomic E-state index is 14.7. The summed E-state index contributed by atoms with van der Waals surface area (Å²) in [7, 11) is 0. The molecular weight excluding hydrogens is 447 g/mol. The summed E-state index contributed by atoms with van der Waals surface area (Å²) in [6, 6.07) is 8.51. The van der Waals surface area contributed by atoms with Crippen molar-refractivity contribution in [1.29, 1.82) is 0 Å². The van der Waals surface area contributed by atoms with E-state index in [1.54, 1.807) is 12.1 Å². The summed E-state index contributed by atoms with van der Waals surface area (Å²) < 4.78 is 26.8. The van der Waals surface area contributed by atoms with Gasteiger partial charge in [0.25, 0.3) is 5.69 Å². The Bertz CT molecular complexity index is 1280. The number of nitrogens with zero attached hydrogens (tertiary/aromatic N) is 3. The van der Waals surface area contributed by atoms with E-state index < -0.39 is 16.5 Å². The van der Waals surface area contributed by atoms with Crippen molar-refractivity contribution in [2.24, 2.45) is 0 Å². The van der Waals surface area contributed by atoms with E-state index in [-0.39, 0.29) is 42.4 Å². The fraction of sp³-hybridized carbons (Fsp3) is 0.391. The lowest BCUT2D eigenvalue weighted by Crippen LogP contribution is -2.45. The lowest BCUT2D eigenvalue weighted by Gasteiger charge is -2.37. The molecule has 1 N–H and O–H groups in total. The maximum Gasteiger partial charge on any atom is 0.419 e. The van der Waals surface area contributed by atoms with Gasteiger partial charge in [0.2, 0.25) is 5.91 Å². The molecule has 2 heterocycles. The van der Waals surface area contributed by atoms with Gasteiger partial charge in [-0.15, -0.1) is 0 Å². The van der Waals surface area contributed by atoms with Gasteiger partial charge >= 0.3 is 5.76 Å². The molecule has 180 valence electrons. The number of nitro groups is 1. The van der Waals surface area contributed by atoms with Gasteiger partial charge in [-0.05, 0) is 44.5 Å². The summed E-state index contributed by atoms with van der Waals surface area (Å²) in [5.74, 6) is -1.40. The molecule has 1 aliphatic heterocycles. The van der Waals surface area contributed by atoms with E-state index in [9.17, 15) is 24.1 Å². The number of aryl methyl sites for hydroxylation is 1. The van der Waals surface area contributed by atoms with E-state index in [0.29, 0.717) is 36.4 Å². The van der Waals surface area contributed by atoms with Crippen LogP contribution >= 0.6 is 0 Å². The van der Waals surface area contributed by atoms with E-state index in [4.69, 9.17) is 9.15 Å². The number of ether oxygens (including phenoxy) is 1. The Morgan fingerprint density at radius 2 is 1.94 bits per heavy atom. The average Bonchev–Trinajstić information content (AvgIpc) is 3.07. The lowest BCUT2D eigenvalue weighted by molar-refractivity contribution is -0.384. The monoisotopic (exact) mass is 472 g/mol. The Balaban J connectivity index is 1.35. The van der Waals surface area contributed by atoms with Crippen molar-refractivity contribution < 1.29 is 23.3 Å². The zero-order valence-corrected chi connectivity index (χ0v) is 18.8. The van der Waals surface area contributed by atoms with Gasteiger partial charge in [-0.25, -0.2) is 9.18 Å². The van der Waals surface area contributed by atoms with Gasteiger partial charge in [-0.1, -0.05) is 0 Å². The zero-order chi connectivity index (χ0) is 24.4. The van der Waals surface area contributed by atoms with Crippen molar-refractivity contribution in [3.63, 3.8) is 0 Å². The molecule has 1 fully saturated rings. The highest BCUT2D eigenvalue weighted by Gasteiger charge is 2.24. The van der Waals surface area contributed by atoms with Gasteiger partial charge in [-0.3, -0.25) is 19.5 Å². The van der Waals surface area contributed by atoms with Crippen LogP contribution in [0.4, 0.5) is 21.5 Å². The number of aromatic nitrogens is 1. The van der Waals surface area contributed by atoms with Crippen LogP contribution in [-0.2, 0) is 16.1 Å². The maximum absolute atomic E-state index is 14.7. The normalized spacial score (nSPS) is 18.3. The molecular formula is C23H25FN4O6. The second-order valence-electron chi connectivity index (χ2n) is 8.41. The first kappa shape index (κ1) is 23.4. The molecule has 0 saturated carbocycles. The SMILES string of the molecule is C[C@@H]1CN(c2ccc(NC(=O)CCCn3c(=O)oc4cc([N+](=O)[O-])ccc43)cc2F)C[C@@H](C)O1. The third-order valence-corrected chi connectivity index (χ3v) is 5.64. The average molecular weight is 472 g/mol. The molecule has 10 nitrogen and oxygen atoms in total. The van der Waals surface area contributed by atoms with Gasteiger partial charge in [0.15, 0.2) is 5.58 Å². The number of hydrogen-bond acceptors (Lipinski definition) is 7. The molecule has 1 aliphatic rings. The molecule has 2 aromatic carbocycles. The molecule has 0 unspecified atom stereocenters. The van der Waals surface area contributed by atoms with Gasteiger partial charge < -0.3 is 19.4 Å². The van der Waals surface area contributed by atoms with E-state index >= 15 is 0 Å². The first-order valence-electron chi connectivity index (χ1n) is 11.0. The minimum atomic E-state index is -0.652. The molecule has 0 radical (unpaired) electrons. The van der Waals surface area contributed by atoms with Crippen LogP contribution in [0.3, 0.4) is 0 Å². The predicted octanol–water partition coefficient (Wildman–Crippen LogP) is 3.67. The van der Waals surface area contributed by atoms with Gasteiger partial charge in [-0.2, -0.15) is 0 Å². The van der Waals surface area contributed by atoms with E-state index in [1.165, 1.54) is 28.8 Å². The van der Waals surface area contributed by atoms with Crippen LogP contribution in [0.1, 0.15) is 26.7 Å². The van der Waals surface area contributed by atoms with Crippen molar-refractivity contribution >= 4 is 34.1 Å². The highest BCUT2D eigenvalue weighted by Crippen LogP contribution is 2.26. The van der Waals surface area contributed by atoms with Gasteiger partial charge in [0.1, 0.15) is 5.82 Å². The number of oxazole rings is 1. The van der Waals surface area contributed by atoms with E-state index in [0.717, 1.165) is 0 Å². The Hall–Kier alpha value is -3.73. The number of nitrogens with one attached hydrogen (secondary N) is 1. The summed E-state index contributed by atoms with van der Waals surface area (Å²) in [5, 5.41) is 13.6. The number of benzene rings is 2. The number of carbonyl (C=O) groups is 1. The highest BCUT2D eigenvalue weighted by molar-refractivity contribution is 5.90. The third-order valence-electron chi connectivity index (χ3n) is 5.64. The number of rotatable bonds is 7. The molecule has 0 aliphatic carbocycles. The smallest absolute Gasteiger partial charge is 0.407 e. The van der Waals surface area contributed by atoms with Crippen LogP contribution in [0.2, 0.25) is 0 Å². The minimum Gasteiger partial charge on any atom is -0.407 e. The molecule has 4 rings (SSSR count). The van der Waals surface area contributed by atoms with Crippen LogP contribution in [0.25, 0.3) is 11.1 Å². The van der Waals surface area contributed by atoms with Crippen LogP contribution < -0.4 is 16.0 Å². The number of morpholine rings is 1. The number of hydrogen-bond donors (Lipinski definition) is 1. The lowest BCUT2D eigenvalue weighted by atomic mass is 10.1. The fourth-order valence-corrected chi connectivity index (χ4v) is 4.22. The molecule has 2 atom stereocenters. The minimum absolute atomic E-state index is 0.00231. The summed E-state index contributed by atoms with van der Waals surface area (Å²) in [5.41, 5.74) is 1.16. The fourth-order valence-electron chi connectivity index (χ4n) is 4.22. The predicted molar refractivity (Wildman–Crippen MR) is 124 cm³/mol. The zero-order valence-electron chi connectivity index (χ0n) is 18.8. The summed E-state index contributed by atoms with van der Waals surface area (Å²) in [6.45, 7) is 5.25. The Labute approximate surface area is 194 Å². The van der Waals surface area contributed by atoms with Crippen LogP contribution in [-0.4, -0.2) is 40.7 Å². The van der Waals surface area contributed by atoms with Crippen LogP contribution in [0, 0.1) is 15.9 Å². The van der Waals surface area contributed by atoms with Crippen molar-refractivity contribution in [2.45, 2.75) is 45.4 Å². The van der Waals surface area contributed by atoms with Crippen LogP contribution in [0.15, 0.2) is 45.6 Å². The molecule has 0 spiro atoms. The summed E-state index contributed by atoms with van der Waals surface area (Å²) in [6.07, 6.45) is 0.408. The van der Waals surface area contributed by atoms with Crippen molar-refractivity contribution in [3.8, 4) is 0 Å². The van der Waals surface area contributed by atoms with E-state index in [2.05, 4.69) is 5.32 Å². The third kappa shape index (κ3) is 5.09. The molecule has 3 aromatic rings. The van der Waals surface area contributed by atoms with Crippen LogP contribution in [0.5, 0.6) is 0 Å². The van der Waals surface area contributed by atoms with Gasteiger partial charge in [0.05, 0.1) is 34.4 Å². The largest absolute Gasteiger partial charge is 0.419 e. The summed E-state index contributed by atoms with van der Waals surface area (Å²) >= 11 is 0. The first-order chi connectivity index (χ1) is 16.2. The number of nitro benzene ring substituents is 1. The second kappa shape index (κ2) is 9.64. The first-order valence-corrected chi connectivity index (χ1v) is 11.0. The molecule has 1 saturated heterocycles. The number of anilines is 2. The van der Waals surface area contributed by atoms with Crippen molar-refractivity contribution in [3.05, 3.63) is 62.9 Å². The number of carbonyl (C=O) groups excluding carboxylic acids is 1. The molecule has 11 heteroatoms. The Morgan fingerprint density at radius 3 is 2.62 bits per heavy atom. The molecule has 1 amide bonds. The Morgan fingerprint density at radius 1 is 1.21 bits per heavy atom. The Kier molecular flexibility index (Phi) is 6.64. The standard InChI is InChI=1S/C23H25FN4O6/c1-14-12-26(13-15(2)33-14)19-7-5-16(10-18(19)24)25-22(29)4-3-9-27-20-8-6-17(28(31)32)11-21(20)34-23(27)30/h5-8,10-11,14-15H,3-4,9,12-13H2,1-2H3,(H,25,29)/t14-,15-/m1/s1. The topological polar surface area (TPSA) is 120 Å². The second-order valence-corrected chi connectivity index (χ2v) is 8.41. The number of amides is 1. The van der Waals surface area contributed by atoms with Crippen molar-refractivity contribution in [2.75, 3.05) is 23.3 Å². The number of halogens is 1. The number of fused-ring (bicyclic) bond motifs is 1. The van der Waals surface area contributed by atoms with Crippen molar-refractivity contribution in [1.82, 2.24) is 4.57 Å². The van der Waals surface area contributed by atoms with Gasteiger partial charge in [0, 0.05) is 37.8 Å². The summed E-state index contributed by atoms with van der Waals surface area (Å²) in [4.78, 5) is 36.7. The molecule has 1 aromatic heterocycles. The highest BCUT2D eigenvalue weighted by atomic mass is 19.1. The molecule has 0 bridgehead atoms. The van der Waals surface area contributed by atoms with E-state index in [1.807, 2.05) is 18.7 Å². The number of non-ortho nitro benzene ring substituents is 1. The molecule has 34 heavy (non-hydrogen) atoms.